The summed E-state index contributed by atoms with van der Waals surface area (Å²) in [5.41, 5.74) is 3.34. The minimum Gasteiger partial charge on any atom is -0.325 e. The van der Waals surface area contributed by atoms with Crippen LogP contribution in [0.1, 0.15) is 37.8 Å². The SMILES string of the molecule is CCc1ccc(N(CC(=O)Nc2ccc(C(C)C)cc2)S(=O)(=O)c2ccccc2)cc1. The van der Waals surface area contributed by atoms with Gasteiger partial charge in [-0.15, -0.1) is 0 Å². The second-order valence-corrected chi connectivity index (χ2v) is 9.53. The van der Waals surface area contributed by atoms with E-state index in [9.17, 15) is 13.2 Å². The van der Waals surface area contributed by atoms with Crippen LogP contribution in [0.25, 0.3) is 0 Å². The molecule has 0 aliphatic carbocycles. The smallest absolute Gasteiger partial charge is 0.264 e. The number of aryl methyl sites for hydroxylation is 1. The van der Waals surface area contributed by atoms with Crippen molar-refractivity contribution in [2.75, 3.05) is 16.2 Å². The van der Waals surface area contributed by atoms with E-state index < -0.39 is 15.9 Å². The van der Waals surface area contributed by atoms with Crippen LogP contribution >= 0.6 is 0 Å². The highest BCUT2D eigenvalue weighted by atomic mass is 32.2. The minimum atomic E-state index is -3.91. The van der Waals surface area contributed by atoms with Gasteiger partial charge in [0, 0.05) is 5.69 Å². The first-order valence-electron chi connectivity index (χ1n) is 10.4. The van der Waals surface area contributed by atoms with Crippen molar-refractivity contribution in [1.29, 1.82) is 0 Å². The molecule has 6 heteroatoms. The molecule has 3 rings (SSSR count). The molecule has 5 nitrogen and oxygen atoms in total. The van der Waals surface area contributed by atoms with E-state index in [0.717, 1.165) is 16.3 Å². The van der Waals surface area contributed by atoms with Crippen molar-refractivity contribution in [3.63, 3.8) is 0 Å². The Balaban J connectivity index is 1.88. The fraction of sp³-hybridized carbons (Fsp3) is 0.240. The van der Waals surface area contributed by atoms with Gasteiger partial charge in [-0.05, 0) is 59.9 Å². The van der Waals surface area contributed by atoms with Gasteiger partial charge in [-0.3, -0.25) is 9.10 Å². The zero-order chi connectivity index (χ0) is 22.4. The van der Waals surface area contributed by atoms with E-state index in [2.05, 4.69) is 19.2 Å². The number of nitrogens with zero attached hydrogens (tertiary/aromatic N) is 1. The molecule has 0 aliphatic heterocycles. The summed E-state index contributed by atoms with van der Waals surface area (Å²) in [6, 6.07) is 23.0. The highest BCUT2D eigenvalue weighted by molar-refractivity contribution is 7.92. The van der Waals surface area contributed by atoms with Crippen molar-refractivity contribution in [2.24, 2.45) is 0 Å². The molecular formula is C25H28N2O3S. The van der Waals surface area contributed by atoms with Crippen molar-refractivity contribution < 1.29 is 13.2 Å². The van der Waals surface area contributed by atoms with Gasteiger partial charge in [-0.25, -0.2) is 8.42 Å². The number of rotatable bonds is 8. The third-order valence-corrected chi connectivity index (χ3v) is 6.90. The molecule has 1 amide bonds. The topological polar surface area (TPSA) is 66.5 Å². The number of anilines is 2. The monoisotopic (exact) mass is 436 g/mol. The molecule has 0 spiro atoms. The van der Waals surface area contributed by atoms with Gasteiger partial charge in [0.2, 0.25) is 5.91 Å². The van der Waals surface area contributed by atoms with Gasteiger partial charge < -0.3 is 5.32 Å². The molecule has 0 saturated heterocycles. The van der Waals surface area contributed by atoms with Gasteiger partial charge in [-0.1, -0.05) is 63.2 Å². The molecule has 0 saturated carbocycles. The maximum atomic E-state index is 13.3. The first-order chi connectivity index (χ1) is 14.8. The molecule has 162 valence electrons. The van der Waals surface area contributed by atoms with Crippen LogP contribution in [0.4, 0.5) is 11.4 Å². The molecular weight excluding hydrogens is 408 g/mol. The molecule has 0 heterocycles. The first kappa shape index (κ1) is 22.6. The van der Waals surface area contributed by atoms with Gasteiger partial charge in [0.1, 0.15) is 6.54 Å². The van der Waals surface area contributed by atoms with Crippen LogP contribution in [0.15, 0.2) is 83.8 Å². The summed E-state index contributed by atoms with van der Waals surface area (Å²) in [5.74, 6) is -0.0151. The minimum absolute atomic E-state index is 0.142. The molecule has 0 unspecified atom stereocenters. The van der Waals surface area contributed by atoms with Crippen molar-refractivity contribution in [3.8, 4) is 0 Å². The number of benzene rings is 3. The summed E-state index contributed by atoms with van der Waals surface area (Å²) >= 11 is 0. The Bertz CT molecular complexity index is 1110. The molecule has 3 aromatic carbocycles. The van der Waals surface area contributed by atoms with E-state index in [1.54, 1.807) is 30.3 Å². The number of amides is 1. The van der Waals surface area contributed by atoms with Crippen LogP contribution < -0.4 is 9.62 Å². The van der Waals surface area contributed by atoms with Crippen LogP contribution in [0.2, 0.25) is 0 Å². The first-order valence-corrected chi connectivity index (χ1v) is 11.8. The van der Waals surface area contributed by atoms with Crippen LogP contribution in [-0.4, -0.2) is 20.9 Å². The fourth-order valence-electron chi connectivity index (χ4n) is 3.21. The summed E-state index contributed by atoms with van der Waals surface area (Å²) in [4.78, 5) is 12.9. The Morgan fingerprint density at radius 1 is 0.903 bits per heavy atom. The fourth-order valence-corrected chi connectivity index (χ4v) is 4.66. The lowest BCUT2D eigenvalue weighted by Crippen LogP contribution is -2.38. The van der Waals surface area contributed by atoms with Crippen molar-refractivity contribution in [3.05, 3.63) is 90.0 Å². The van der Waals surface area contributed by atoms with E-state index in [1.165, 1.54) is 17.7 Å². The molecule has 0 atom stereocenters. The lowest BCUT2D eigenvalue weighted by molar-refractivity contribution is -0.114. The largest absolute Gasteiger partial charge is 0.325 e. The Morgan fingerprint density at radius 3 is 2.06 bits per heavy atom. The average molecular weight is 437 g/mol. The highest BCUT2D eigenvalue weighted by Crippen LogP contribution is 2.24. The van der Waals surface area contributed by atoms with Crippen LogP contribution in [-0.2, 0) is 21.2 Å². The van der Waals surface area contributed by atoms with Crippen molar-refractivity contribution in [1.82, 2.24) is 0 Å². The zero-order valence-electron chi connectivity index (χ0n) is 18.1. The number of carbonyl (C=O) groups excluding carboxylic acids is 1. The third-order valence-electron chi connectivity index (χ3n) is 5.11. The average Bonchev–Trinajstić information content (AvgIpc) is 2.78. The molecule has 1 N–H and O–H groups in total. The Labute approximate surface area is 184 Å². The number of hydrogen-bond acceptors (Lipinski definition) is 3. The van der Waals surface area contributed by atoms with E-state index >= 15 is 0 Å². The van der Waals surface area contributed by atoms with Gasteiger partial charge in [0.25, 0.3) is 10.0 Å². The summed E-state index contributed by atoms with van der Waals surface area (Å²) < 4.78 is 27.8. The van der Waals surface area contributed by atoms with E-state index in [-0.39, 0.29) is 11.4 Å². The third kappa shape index (κ3) is 5.52. The summed E-state index contributed by atoms with van der Waals surface area (Å²) in [5, 5.41) is 2.81. The lowest BCUT2D eigenvalue weighted by atomic mass is 10.0. The van der Waals surface area contributed by atoms with Gasteiger partial charge in [0.15, 0.2) is 0 Å². The van der Waals surface area contributed by atoms with Crippen LogP contribution in [0.5, 0.6) is 0 Å². The quantitative estimate of drug-likeness (QED) is 0.527. The van der Waals surface area contributed by atoms with Gasteiger partial charge in [0.05, 0.1) is 10.6 Å². The molecule has 0 aromatic heterocycles. The van der Waals surface area contributed by atoms with Crippen LogP contribution in [0.3, 0.4) is 0 Å². The molecule has 3 aromatic rings. The normalized spacial score (nSPS) is 11.4. The standard InChI is InChI=1S/C25H28N2O3S/c1-4-20-10-16-23(17-11-20)27(31(29,30)24-8-6-5-7-9-24)18-25(28)26-22-14-12-21(13-15-22)19(2)3/h5-17,19H,4,18H2,1-3H3,(H,26,28). The Hall–Kier alpha value is -3.12. The molecule has 0 fully saturated rings. The number of hydrogen-bond donors (Lipinski definition) is 1. The van der Waals surface area contributed by atoms with Crippen molar-refractivity contribution in [2.45, 2.75) is 38.0 Å². The number of nitrogens with one attached hydrogen (secondary N) is 1. The maximum Gasteiger partial charge on any atom is 0.264 e. The molecule has 0 aliphatic rings. The summed E-state index contributed by atoms with van der Waals surface area (Å²) in [6.45, 7) is 5.91. The second kappa shape index (κ2) is 9.79. The van der Waals surface area contributed by atoms with Crippen LogP contribution in [0, 0.1) is 0 Å². The second-order valence-electron chi connectivity index (χ2n) is 7.67. The Morgan fingerprint density at radius 2 is 1.52 bits per heavy atom. The molecule has 0 bridgehead atoms. The maximum absolute atomic E-state index is 13.3. The number of sulfonamides is 1. The zero-order valence-corrected chi connectivity index (χ0v) is 18.9. The number of carbonyl (C=O) groups is 1. The lowest BCUT2D eigenvalue weighted by Gasteiger charge is -2.24. The van der Waals surface area contributed by atoms with Gasteiger partial charge >= 0.3 is 0 Å². The predicted molar refractivity (Wildman–Crippen MR) is 126 cm³/mol. The van der Waals surface area contributed by atoms with Crippen molar-refractivity contribution >= 4 is 27.3 Å². The summed E-state index contributed by atoms with van der Waals surface area (Å²) in [7, 11) is -3.91. The molecule has 31 heavy (non-hydrogen) atoms. The predicted octanol–water partition coefficient (Wildman–Crippen LogP) is 5.21. The molecule has 0 radical (unpaired) electrons. The highest BCUT2D eigenvalue weighted by Gasteiger charge is 2.27. The van der Waals surface area contributed by atoms with Gasteiger partial charge in [-0.2, -0.15) is 0 Å². The summed E-state index contributed by atoms with van der Waals surface area (Å²) in [6.07, 6.45) is 0.846. The Kier molecular flexibility index (Phi) is 7.13. The van der Waals surface area contributed by atoms with E-state index in [1.807, 2.05) is 43.3 Å². The van der Waals surface area contributed by atoms with E-state index in [0.29, 0.717) is 17.3 Å². The van der Waals surface area contributed by atoms with E-state index in [4.69, 9.17) is 0 Å².